The van der Waals surface area contributed by atoms with E-state index in [-0.39, 0.29) is 0 Å². The molecule has 174 valence electrons. The van der Waals surface area contributed by atoms with Crippen molar-refractivity contribution >= 4 is 48.8 Å². The molecule has 14 heteroatoms. The predicted molar refractivity (Wildman–Crippen MR) is 131 cm³/mol. The second-order valence-electron chi connectivity index (χ2n) is 5.58. The lowest BCUT2D eigenvalue weighted by Crippen LogP contribution is -2.07. The van der Waals surface area contributed by atoms with Crippen LogP contribution in [0.25, 0.3) is 0 Å². The molecule has 0 spiro atoms. The molecule has 0 unspecified atom stereocenters. The summed E-state index contributed by atoms with van der Waals surface area (Å²) in [5.74, 6) is 0. The third kappa shape index (κ3) is 19.7. The highest BCUT2D eigenvalue weighted by Crippen LogP contribution is 2.11. The molecule has 12 nitrogen and oxygen atoms in total. The Balaban J connectivity index is 0. The normalized spacial score (nSPS) is 8.44. The summed E-state index contributed by atoms with van der Waals surface area (Å²) in [5.41, 5.74) is 36.2. The molecule has 0 heterocycles. The molecule has 0 bridgehead atoms. The van der Waals surface area contributed by atoms with E-state index >= 15 is 0 Å². The molecular weight excluding hydrogens is 418 g/mol. The number of nitrogen functional groups attached to an aromatic ring is 6. The van der Waals surface area contributed by atoms with Crippen molar-refractivity contribution in [2.24, 2.45) is 0 Å². The van der Waals surface area contributed by atoms with E-state index in [0.717, 1.165) is 0 Å². The van der Waals surface area contributed by atoms with Crippen LogP contribution in [0.3, 0.4) is 0 Å². The van der Waals surface area contributed by atoms with Gasteiger partial charge in [0.15, 0.2) is 0 Å². The average molecular weight is 448 g/mol. The Labute approximate surface area is 186 Å². The predicted octanol–water partition coefficient (Wildman–Crippen LogP) is -1.55. The van der Waals surface area contributed by atoms with Crippen molar-refractivity contribution in [3.63, 3.8) is 0 Å². The number of hydrogen-bond acceptors (Lipinski definition) is 12. The zero-order valence-electron chi connectivity index (χ0n) is 17.2. The third-order valence-electron chi connectivity index (χ3n) is 2.99. The van der Waals surface area contributed by atoms with Gasteiger partial charge in [-0.3, -0.25) is 0 Å². The van der Waals surface area contributed by atoms with Crippen LogP contribution in [0, 0.1) is 0 Å². The Morgan fingerprint density at radius 2 is 0.438 bits per heavy atom. The lowest BCUT2D eigenvalue weighted by Gasteiger charge is -1.94. The van der Waals surface area contributed by atoms with Crippen molar-refractivity contribution in [1.82, 2.24) is 0 Å². The molecule has 0 aliphatic heterocycles. The Hall–Kier alpha value is -3.65. The van der Waals surface area contributed by atoms with Crippen LogP contribution < -0.4 is 34.4 Å². The molecule has 32 heavy (non-hydrogen) atoms. The van der Waals surface area contributed by atoms with Gasteiger partial charge in [0, 0.05) is 0 Å². The summed E-state index contributed by atoms with van der Waals surface area (Å²) in [7, 11) is -4.33. The van der Waals surface area contributed by atoms with Crippen molar-refractivity contribution in [2.75, 3.05) is 34.4 Å². The molecule has 3 aromatic carbocycles. The molecule has 0 aliphatic rings. The van der Waals surface area contributed by atoms with E-state index in [1.165, 1.54) is 0 Å². The first-order valence-electron chi connectivity index (χ1n) is 8.76. The Morgan fingerprint density at radius 1 is 0.344 bits per heavy atom. The zero-order chi connectivity index (χ0) is 25.1. The van der Waals surface area contributed by atoms with Crippen molar-refractivity contribution in [3.8, 4) is 0 Å². The van der Waals surface area contributed by atoms with Gasteiger partial charge in [0.1, 0.15) is 0 Å². The number of rotatable bonds is 0. The number of para-hydroxylation sites is 6. The second-order valence-corrected chi connectivity index (χ2v) is 5.58. The van der Waals surface area contributed by atoms with Gasteiger partial charge in [-0.2, -0.15) is 0 Å². The quantitative estimate of drug-likeness (QED) is 0.138. The second kappa shape index (κ2) is 18.1. The van der Waals surface area contributed by atoms with Crippen molar-refractivity contribution in [2.45, 2.75) is 0 Å². The lowest BCUT2D eigenvalue weighted by atomic mass is 10.3. The molecule has 0 radical (unpaired) electrons. The average Bonchev–Trinajstić information content (AvgIpc) is 2.69. The van der Waals surface area contributed by atoms with E-state index in [9.17, 15) is 0 Å². The van der Waals surface area contributed by atoms with E-state index in [0.29, 0.717) is 34.1 Å². The van der Waals surface area contributed by atoms with E-state index < -0.39 is 14.6 Å². The van der Waals surface area contributed by atoms with Gasteiger partial charge in [0.25, 0.3) is 0 Å². The first-order chi connectivity index (χ1) is 14.9. The lowest BCUT2D eigenvalue weighted by molar-refractivity contribution is 0.276. The van der Waals surface area contributed by atoms with E-state index in [1.807, 2.05) is 36.4 Å². The standard InChI is InChI=1S/3C6H8N2.2BH3O3/c3*7-5-3-1-2-4-6(5)8;2*2-1(3)4/h3*1-4H,7-8H2;2*2-4H. The molecule has 3 rings (SSSR count). The fourth-order valence-corrected chi connectivity index (χ4v) is 1.53. The summed E-state index contributed by atoms with van der Waals surface area (Å²) in [4.78, 5) is 0. The molecule has 0 amide bonds. The fourth-order valence-electron chi connectivity index (χ4n) is 1.53. The Bertz CT molecular complexity index is 699. The highest BCUT2D eigenvalue weighted by Gasteiger charge is 1.93. The summed E-state index contributed by atoms with van der Waals surface area (Å²) in [6, 6.07) is 21.8. The van der Waals surface area contributed by atoms with Crippen LogP contribution in [-0.4, -0.2) is 44.8 Å². The first-order valence-corrected chi connectivity index (χ1v) is 8.76. The summed E-state index contributed by atoms with van der Waals surface area (Å²) >= 11 is 0. The highest BCUT2D eigenvalue weighted by atomic mass is 16.5. The van der Waals surface area contributed by atoms with E-state index in [4.69, 9.17) is 64.5 Å². The summed E-state index contributed by atoms with van der Waals surface area (Å²) in [6.45, 7) is 0. The number of nitrogens with two attached hydrogens (primary N) is 6. The first kappa shape index (κ1) is 30.5. The van der Waals surface area contributed by atoms with Gasteiger partial charge in [-0.05, 0) is 36.4 Å². The number of hydrogen-bond donors (Lipinski definition) is 12. The molecule has 0 aromatic heterocycles. The van der Waals surface area contributed by atoms with Gasteiger partial charge < -0.3 is 64.5 Å². The molecule has 0 aliphatic carbocycles. The largest absolute Gasteiger partial charge is 0.631 e. The zero-order valence-corrected chi connectivity index (χ0v) is 17.2. The van der Waals surface area contributed by atoms with Gasteiger partial charge >= 0.3 is 14.6 Å². The number of benzene rings is 3. The minimum Gasteiger partial charge on any atom is -0.402 e. The topological polar surface area (TPSA) is 278 Å². The van der Waals surface area contributed by atoms with Gasteiger partial charge in [0.05, 0.1) is 34.1 Å². The molecular formula is C18H30B2N6O6. The minimum atomic E-state index is -2.17. The molecule has 3 aromatic rings. The Morgan fingerprint density at radius 3 is 0.500 bits per heavy atom. The van der Waals surface area contributed by atoms with E-state index in [1.54, 1.807) is 36.4 Å². The van der Waals surface area contributed by atoms with Gasteiger partial charge in [-0.1, -0.05) is 36.4 Å². The maximum Gasteiger partial charge on any atom is 0.631 e. The summed E-state index contributed by atoms with van der Waals surface area (Å²) in [6.07, 6.45) is 0. The minimum absolute atomic E-state index is 0.646. The SMILES string of the molecule is Nc1ccccc1N.Nc1ccccc1N.Nc1ccccc1N.OB(O)O.OB(O)O. The van der Waals surface area contributed by atoms with Crippen LogP contribution in [0.4, 0.5) is 34.1 Å². The van der Waals surface area contributed by atoms with Gasteiger partial charge in [0.2, 0.25) is 0 Å². The van der Waals surface area contributed by atoms with E-state index in [2.05, 4.69) is 0 Å². The Kier molecular flexibility index (Phi) is 17.3. The molecule has 0 saturated carbocycles. The van der Waals surface area contributed by atoms with Crippen LogP contribution >= 0.6 is 0 Å². The third-order valence-corrected chi connectivity index (χ3v) is 2.99. The monoisotopic (exact) mass is 448 g/mol. The van der Waals surface area contributed by atoms with Crippen molar-refractivity contribution in [3.05, 3.63) is 72.8 Å². The van der Waals surface area contributed by atoms with Gasteiger partial charge in [-0.15, -0.1) is 0 Å². The van der Waals surface area contributed by atoms with Crippen LogP contribution in [0.1, 0.15) is 0 Å². The summed E-state index contributed by atoms with van der Waals surface area (Å²) in [5, 5.41) is 43.0. The fraction of sp³-hybridized carbons (Fsp3) is 0. The summed E-state index contributed by atoms with van der Waals surface area (Å²) < 4.78 is 0. The van der Waals surface area contributed by atoms with Crippen LogP contribution in [0.15, 0.2) is 72.8 Å². The maximum absolute atomic E-state index is 7.17. The molecule has 0 saturated heterocycles. The van der Waals surface area contributed by atoms with Crippen molar-refractivity contribution < 1.29 is 30.1 Å². The maximum atomic E-state index is 7.17. The van der Waals surface area contributed by atoms with Crippen LogP contribution in [0.2, 0.25) is 0 Å². The molecule has 18 N–H and O–H groups in total. The van der Waals surface area contributed by atoms with Crippen LogP contribution in [-0.2, 0) is 0 Å². The molecule has 0 atom stereocenters. The highest BCUT2D eigenvalue weighted by molar-refractivity contribution is 6.30. The smallest absolute Gasteiger partial charge is 0.402 e. The number of anilines is 6. The van der Waals surface area contributed by atoms with Gasteiger partial charge in [-0.25, -0.2) is 0 Å². The van der Waals surface area contributed by atoms with Crippen LogP contribution in [0.5, 0.6) is 0 Å². The van der Waals surface area contributed by atoms with Crippen molar-refractivity contribution in [1.29, 1.82) is 0 Å². The molecule has 0 fully saturated rings.